The fourth-order valence-electron chi connectivity index (χ4n) is 11.9. The monoisotopic (exact) mass is 1050 g/mol. The maximum atomic E-state index is 2.33. The first-order valence-corrected chi connectivity index (χ1v) is 34.1. The van der Waals surface area contributed by atoms with Crippen LogP contribution in [0.25, 0.3) is 0 Å². The molecule has 70 heavy (non-hydrogen) atoms. The molecule has 0 spiro atoms. The molecule has 0 saturated heterocycles. The first kappa shape index (κ1) is 72.5. The van der Waals surface area contributed by atoms with E-state index in [4.69, 9.17) is 0 Å². The van der Waals surface area contributed by atoms with E-state index in [0.717, 1.165) is 0 Å². The molecule has 0 atom stereocenters. The molecule has 0 rings (SSSR count). The smallest absolute Gasteiger partial charge is 0.0786 e. The third-order valence-electron chi connectivity index (χ3n) is 16.9. The Morgan fingerprint density at radius 1 is 0.129 bits per heavy atom. The van der Waals surface area contributed by atoms with Crippen LogP contribution in [0.5, 0.6) is 0 Å². The number of nitrogens with zero attached hydrogens (tertiary/aromatic N) is 1. The average Bonchev–Trinajstić information content (AvgIpc) is 3.36. The lowest BCUT2D eigenvalue weighted by Gasteiger charge is -2.40. The Labute approximate surface area is 458 Å². The van der Waals surface area contributed by atoms with Crippen molar-refractivity contribution in [2.45, 2.75) is 413 Å². The minimum Gasteiger partial charge on any atom is -1.00 e. The number of hydrogen-bond acceptors (Lipinski definition) is 0. The van der Waals surface area contributed by atoms with Gasteiger partial charge in [-0.2, -0.15) is 0 Å². The van der Waals surface area contributed by atoms with Crippen LogP contribution in [0.2, 0.25) is 0 Å². The van der Waals surface area contributed by atoms with Gasteiger partial charge >= 0.3 is 0 Å². The van der Waals surface area contributed by atoms with Gasteiger partial charge in [0, 0.05) is 0 Å². The molecule has 0 fully saturated rings. The van der Waals surface area contributed by atoms with Gasteiger partial charge in [-0.25, -0.2) is 0 Å². The van der Waals surface area contributed by atoms with Gasteiger partial charge in [-0.05, 0) is 51.4 Å². The van der Waals surface area contributed by atoms with Crippen LogP contribution in [-0.2, 0) is 0 Å². The van der Waals surface area contributed by atoms with E-state index in [-0.39, 0.29) is 17.0 Å². The molecule has 0 amide bonds. The van der Waals surface area contributed by atoms with Crippen LogP contribution in [0.1, 0.15) is 413 Å². The quantitative estimate of drug-likeness (QED) is 0.0421. The van der Waals surface area contributed by atoms with Gasteiger partial charge in [0.25, 0.3) is 0 Å². The summed E-state index contributed by atoms with van der Waals surface area (Å²) >= 11 is 0. The SMILES string of the molecule is CCCCCCCCCCCCCCCCC[N+](CCCCCCCCCCCCCCCCC)(CCCCCCCCCCCCCCCCC)CCCCCCCCCCCCCCCCC.[Br-]. The molecule has 0 radical (unpaired) electrons. The van der Waals surface area contributed by atoms with E-state index in [1.165, 1.54) is 416 Å². The summed E-state index contributed by atoms with van der Waals surface area (Å²) in [5, 5.41) is 0. The minimum atomic E-state index is 0. The Morgan fingerprint density at radius 2 is 0.214 bits per heavy atom. The molecular formula is C68H140BrN. The van der Waals surface area contributed by atoms with Crippen LogP contribution in [-0.4, -0.2) is 30.7 Å². The molecule has 0 aromatic carbocycles. The second-order valence-corrected chi connectivity index (χ2v) is 24.0. The summed E-state index contributed by atoms with van der Waals surface area (Å²) in [5.74, 6) is 0. The van der Waals surface area contributed by atoms with Crippen LogP contribution >= 0.6 is 0 Å². The molecule has 2 heteroatoms. The normalized spacial score (nSPS) is 11.8. The van der Waals surface area contributed by atoms with Gasteiger partial charge in [-0.15, -0.1) is 0 Å². The molecule has 0 aromatic rings. The number of hydrogen-bond donors (Lipinski definition) is 0. The van der Waals surface area contributed by atoms with E-state index >= 15 is 0 Å². The van der Waals surface area contributed by atoms with Crippen molar-refractivity contribution in [2.75, 3.05) is 26.2 Å². The van der Waals surface area contributed by atoms with Crippen LogP contribution < -0.4 is 17.0 Å². The van der Waals surface area contributed by atoms with Crippen LogP contribution in [0, 0.1) is 0 Å². The molecule has 0 unspecified atom stereocenters. The molecule has 0 heterocycles. The van der Waals surface area contributed by atoms with Gasteiger partial charge in [-0.3, -0.25) is 0 Å². The Hall–Kier alpha value is 0.440. The van der Waals surface area contributed by atoms with E-state index in [2.05, 4.69) is 27.7 Å². The predicted octanol–water partition coefficient (Wildman–Crippen LogP) is 22.3. The van der Waals surface area contributed by atoms with E-state index < -0.39 is 0 Å². The van der Waals surface area contributed by atoms with E-state index in [1.807, 2.05) is 0 Å². The number of rotatable bonds is 64. The number of unbranched alkanes of at least 4 members (excludes halogenated alkanes) is 56. The van der Waals surface area contributed by atoms with Crippen molar-refractivity contribution in [3.63, 3.8) is 0 Å². The third-order valence-corrected chi connectivity index (χ3v) is 16.9. The molecule has 0 bridgehead atoms. The Kier molecular flexibility index (Phi) is 67.9. The number of quaternary nitrogens is 1. The van der Waals surface area contributed by atoms with Crippen molar-refractivity contribution in [1.29, 1.82) is 0 Å². The molecule has 424 valence electrons. The summed E-state index contributed by atoms with van der Waals surface area (Å²) in [6.45, 7) is 15.3. The summed E-state index contributed by atoms with van der Waals surface area (Å²) in [6, 6.07) is 0. The van der Waals surface area contributed by atoms with Gasteiger partial charge in [0.1, 0.15) is 0 Å². The van der Waals surface area contributed by atoms with E-state index in [1.54, 1.807) is 0 Å². The summed E-state index contributed by atoms with van der Waals surface area (Å²) in [5.41, 5.74) is 0. The molecule has 0 N–H and O–H groups in total. The molecule has 0 aliphatic carbocycles. The largest absolute Gasteiger partial charge is 1.00 e. The standard InChI is InChI=1S/C68H140N.BrH/c1-5-9-13-17-21-25-29-33-37-41-45-49-53-57-61-65-69(66-62-58-54-50-46-42-38-34-30-26-22-18-14-10-6-2,67-63-59-55-51-47-43-39-35-31-27-23-19-15-11-7-3)68-64-60-56-52-48-44-40-36-32-28-24-20-16-12-8-4;/h5-68H2,1-4H3;1H/q+1;/p-1. The lowest BCUT2D eigenvalue weighted by molar-refractivity contribution is -0.929. The van der Waals surface area contributed by atoms with E-state index in [0.29, 0.717) is 0 Å². The highest BCUT2D eigenvalue weighted by Crippen LogP contribution is 2.23. The number of halogens is 1. The Balaban J connectivity index is 0. The highest BCUT2D eigenvalue weighted by atomic mass is 79.9. The van der Waals surface area contributed by atoms with Crippen molar-refractivity contribution in [1.82, 2.24) is 0 Å². The van der Waals surface area contributed by atoms with Crippen LogP contribution in [0.3, 0.4) is 0 Å². The van der Waals surface area contributed by atoms with Gasteiger partial charge < -0.3 is 21.5 Å². The summed E-state index contributed by atoms with van der Waals surface area (Å²) in [6.07, 6.45) is 88.7. The first-order valence-electron chi connectivity index (χ1n) is 34.1. The van der Waals surface area contributed by atoms with Crippen LogP contribution in [0.4, 0.5) is 0 Å². The van der Waals surface area contributed by atoms with Crippen molar-refractivity contribution < 1.29 is 21.5 Å². The second-order valence-electron chi connectivity index (χ2n) is 24.0. The highest BCUT2D eigenvalue weighted by molar-refractivity contribution is 4.58. The van der Waals surface area contributed by atoms with Crippen molar-refractivity contribution in [3.8, 4) is 0 Å². The van der Waals surface area contributed by atoms with Gasteiger partial charge in [0.15, 0.2) is 0 Å². The molecule has 0 aromatic heterocycles. The zero-order chi connectivity index (χ0) is 49.8. The summed E-state index contributed by atoms with van der Waals surface area (Å²) in [7, 11) is 0. The topological polar surface area (TPSA) is 0 Å². The molecular weight excluding hydrogens is 911 g/mol. The molecule has 1 nitrogen and oxygen atoms in total. The van der Waals surface area contributed by atoms with Gasteiger partial charge in [-0.1, -0.05) is 362 Å². The van der Waals surface area contributed by atoms with Gasteiger partial charge in [0.05, 0.1) is 26.2 Å². The second kappa shape index (κ2) is 65.6. The van der Waals surface area contributed by atoms with E-state index in [9.17, 15) is 0 Å². The fourth-order valence-corrected chi connectivity index (χ4v) is 11.9. The molecule has 0 aliphatic heterocycles. The lowest BCUT2D eigenvalue weighted by atomic mass is 10.0. The zero-order valence-electron chi connectivity index (χ0n) is 50.1. The Morgan fingerprint density at radius 3 is 0.314 bits per heavy atom. The maximum absolute atomic E-state index is 2.33. The van der Waals surface area contributed by atoms with Gasteiger partial charge in [0.2, 0.25) is 0 Å². The van der Waals surface area contributed by atoms with Crippen molar-refractivity contribution >= 4 is 0 Å². The summed E-state index contributed by atoms with van der Waals surface area (Å²) in [4.78, 5) is 0. The fraction of sp³-hybridized carbons (Fsp3) is 1.00. The lowest BCUT2D eigenvalue weighted by Crippen LogP contribution is -3.00. The predicted molar refractivity (Wildman–Crippen MR) is 319 cm³/mol. The third kappa shape index (κ3) is 59.3. The molecule has 0 saturated carbocycles. The van der Waals surface area contributed by atoms with Crippen molar-refractivity contribution in [3.05, 3.63) is 0 Å². The zero-order valence-corrected chi connectivity index (χ0v) is 51.7. The summed E-state index contributed by atoms with van der Waals surface area (Å²) < 4.78 is 1.49. The Bertz CT molecular complexity index is 730. The van der Waals surface area contributed by atoms with Crippen molar-refractivity contribution in [2.24, 2.45) is 0 Å². The maximum Gasteiger partial charge on any atom is 0.0786 e. The molecule has 0 aliphatic rings. The minimum absolute atomic E-state index is 0. The first-order chi connectivity index (χ1) is 34.2. The average molecular weight is 1050 g/mol. The van der Waals surface area contributed by atoms with Crippen LogP contribution in [0.15, 0.2) is 0 Å². The highest BCUT2D eigenvalue weighted by Gasteiger charge is 2.26.